The molecule has 4 heteroatoms. The van der Waals surface area contributed by atoms with Crippen LogP contribution in [0.3, 0.4) is 0 Å². The van der Waals surface area contributed by atoms with E-state index in [4.69, 9.17) is 4.74 Å². The van der Waals surface area contributed by atoms with Gasteiger partial charge in [-0.2, -0.15) is 0 Å². The van der Waals surface area contributed by atoms with Crippen LogP contribution in [0.2, 0.25) is 0 Å². The van der Waals surface area contributed by atoms with Gasteiger partial charge >= 0.3 is 0 Å². The molecule has 3 atom stereocenters. The maximum atomic E-state index is 12.2. The lowest BCUT2D eigenvalue weighted by molar-refractivity contribution is -0.135. The molecule has 1 saturated carbocycles. The number of nitrogens with one attached hydrogen (secondary N) is 1. The van der Waals surface area contributed by atoms with E-state index in [0.29, 0.717) is 17.8 Å². The van der Waals surface area contributed by atoms with Gasteiger partial charge in [0, 0.05) is 28.9 Å². The summed E-state index contributed by atoms with van der Waals surface area (Å²) in [5.41, 5.74) is 1.30. The van der Waals surface area contributed by atoms with Gasteiger partial charge in [-0.3, -0.25) is 4.79 Å². The Morgan fingerprint density at radius 2 is 2.10 bits per heavy atom. The van der Waals surface area contributed by atoms with E-state index in [9.17, 15) is 4.79 Å². The fourth-order valence-electron chi connectivity index (χ4n) is 3.62. The number of aryl methyl sites for hydroxylation is 1. The van der Waals surface area contributed by atoms with Gasteiger partial charge < -0.3 is 10.1 Å². The molecule has 1 aliphatic carbocycles. The molecule has 0 bridgehead atoms. The number of rotatable bonds is 4. The van der Waals surface area contributed by atoms with Gasteiger partial charge in [0.25, 0.3) is 0 Å². The summed E-state index contributed by atoms with van der Waals surface area (Å²) >= 11 is 1.60. The summed E-state index contributed by atoms with van der Waals surface area (Å²) in [6.45, 7) is 7.29. The molecule has 1 aromatic carbocycles. The van der Waals surface area contributed by atoms with Crippen LogP contribution in [-0.4, -0.2) is 30.4 Å². The first-order valence-electron chi connectivity index (χ1n) is 7.59. The largest absolute Gasteiger partial charge is 0.377 e. The molecule has 1 saturated heterocycles. The molecule has 1 aromatic rings. The minimum absolute atomic E-state index is 0.0609. The fourth-order valence-corrected chi connectivity index (χ4v) is 4.33. The highest BCUT2D eigenvalue weighted by atomic mass is 32.2. The van der Waals surface area contributed by atoms with Gasteiger partial charge in [0.1, 0.15) is 0 Å². The molecular weight excluding hydrogens is 282 g/mol. The number of hydrogen-bond acceptors (Lipinski definition) is 3. The smallest absolute Gasteiger partial charge is 0.230 e. The molecule has 1 aliphatic heterocycles. The molecule has 114 valence electrons. The first kappa shape index (κ1) is 14.9. The van der Waals surface area contributed by atoms with Crippen molar-refractivity contribution >= 4 is 17.7 Å². The molecule has 3 nitrogen and oxygen atoms in total. The third-order valence-electron chi connectivity index (χ3n) is 4.81. The quantitative estimate of drug-likeness (QED) is 0.869. The van der Waals surface area contributed by atoms with Crippen molar-refractivity contribution in [3.8, 4) is 0 Å². The van der Waals surface area contributed by atoms with E-state index in [1.54, 1.807) is 11.8 Å². The van der Waals surface area contributed by atoms with Crippen LogP contribution in [0.25, 0.3) is 0 Å². The summed E-state index contributed by atoms with van der Waals surface area (Å²) in [5.74, 6) is 1.12. The summed E-state index contributed by atoms with van der Waals surface area (Å²) in [6, 6.07) is 8.56. The summed E-state index contributed by atoms with van der Waals surface area (Å²) in [4.78, 5) is 13.3. The Hall–Kier alpha value is -1.00. The van der Waals surface area contributed by atoms with E-state index < -0.39 is 0 Å². The second-order valence-corrected chi connectivity index (χ2v) is 7.76. The number of ether oxygens (including phenoxy) is 1. The molecule has 1 N–H and O–H groups in total. The second-order valence-electron chi connectivity index (χ2n) is 6.71. The zero-order valence-electron chi connectivity index (χ0n) is 12.9. The van der Waals surface area contributed by atoms with Crippen LogP contribution in [0.5, 0.6) is 0 Å². The lowest BCUT2D eigenvalue weighted by Gasteiger charge is -2.54. The van der Waals surface area contributed by atoms with Crippen molar-refractivity contribution in [3.05, 3.63) is 29.8 Å². The predicted octanol–water partition coefficient (Wildman–Crippen LogP) is 3.02. The van der Waals surface area contributed by atoms with E-state index in [-0.39, 0.29) is 17.4 Å². The van der Waals surface area contributed by atoms with Gasteiger partial charge in [-0.05, 0) is 25.5 Å². The van der Waals surface area contributed by atoms with Crippen molar-refractivity contribution < 1.29 is 9.53 Å². The second kappa shape index (κ2) is 5.65. The first-order valence-corrected chi connectivity index (χ1v) is 8.57. The maximum absolute atomic E-state index is 12.2. The Labute approximate surface area is 130 Å². The minimum Gasteiger partial charge on any atom is -0.377 e. The molecule has 0 radical (unpaired) electrons. The molecule has 21 heavy (non-hydrogen) atoms. The number of carbonyl (C=O) groups excluding carboxylic acids is 1. The molecule has 2 fully saturated rings. The van der Waals surface area contributed by atoms with Crippen molar-refractivity contribution in [2.24, 2.45) is 11.3 Å². The average molecular weight is 305 g/mol. The standard InChI is InChI=1S/C17H23NO2S/c1-11-4-6-12(7-5-11)21-10-14(19)18-15-13-8-9-20-16(13)17(15,2)3/h4-7,13,15-16H,8-10H2,1-3H3,(H,18,19). The van der Waals surface area contributed by atoms with Gasteiger partial charge in [0.15, 0.2) is 0 Å². The Kier molecular flexibility index (Phi) is 4.02. The molecule has 3 unspecified atom stereocenters. The van der Waals surface area contributed by atoms with E-state index in [1.807, 2.05) is 0 Å². The maximum Gasteiger partial charge on any atom is 0.230 e. The molecule has 3 rings (SSSR count). The fraction of sp³-hybridized carbons (Fsp3) is 0.588. The SMILES string of the molecule is Cc1ccc(SCC(=O)NC2C3CCOC3C2(C)C)cc1. The highest BCUT2D eigenvalue weighted by Gasteiger charge is 2.59. The van der Waals surface area contributed by atoms with Crippen LogP contribution >= 0.6 is 11.8 Å². The van der Waals surface area contributed by atoms with Gasteiger partial charge in [-0.25, -0.2) is 0 Å². The third kappa shape index (κ3) is 2.84. The molecular formula is C17H23NO2S. The number of hydrogen-bond donors (Lipinski definition) is 1. The zero-order valence-corrected chi connectivity index (χ0v) is 13.7. The predicted molar refractivity (Wildman–Crippen MR) is 85.5 cm³/mol. The number of thioether (sulfide) groups is 1. The zero-order chi connectivity index (χ0) is 15.0. The summed E-state index contributed by atoms with van der Waals surface area (Å²) in [7, 11) is 0. The number of fused-ring (bicyclic) bond motifs is 1. The normalized spacial score (nSPS) is 29.6. The topological polar surface area (TPSA) is 38.3 Å². The minimum atomic E-state index is 0.0609. The van der Waals surface area contributed by atoms with Crippen LogP contribution in [0.4, 0.5) is 0 Å². The highest BCUT2D eigenvalue weighted by Crippen LogP contribution is 2.52. The Morgan fingerprint density at radius 3 is 2.81 bits per heavy atom. The van der Waals surface area contributed by atoms with Crippen LogP contribution < -0.4 is 5.32 Å². The third-order valence-corrected chi connectivity index (χ3v) is 5.82. The number of carbonyl (C=O) groups is 1. The van der Waals surface area contributed by atoms with Gasteiger partial charge in [0.05, 0.1) is 11.9 Å². The van der Waals surface area contributed by atoms with E-state index in [1.165, 1.54) is 5.56 Å². The summed E-state index contributed by atoms with van der Waals surface area (Å²) in [6.07, 6.45) is 1.40. The Balaban J connectivity index is 1.51. The van der Waals surface area contributed by atoms with E-state index in [2.05, 4.69) is 50.4 Å². The Morgan fingerprint density at radius 1 is 1.38 bits per heavy atom. The van der Waals surface area contributed by atoms with Gasteiger partial charge in [0.2, 0.25) is 5.91 Å². The van der Waals surface area contributed by atoms with Crippen LogP contribution in [0, 0.1) is 18.3 Å². The number of amides is 1. The summed E-state index contributed by atoms with van der Waals surface area (Å²) in [5, 5.41) is 3.22. The number of benzene rings is 1. The van der Waals surface area contributed by atoms with Gasteiger partial charge in [-0.1, -0.05) is 31.5 Å². The van der Waals surface area contributed by atoms with E-state index in [0.717, 1.165) is 17.9 Å². The lowest BCUT2D eigenvalue weighted by Crippen LogP contribution is -2.66. The van der Waals surface area contributed by atoms with Crippen molar-refractivity contribution in [3.63, 3.8) is 0 Å². The molecule has 0 spiro atoms. The Bertz CT molecular complexity index is 526. The van der Waals surface area contributed by atoms with Gasteiger partial charge in [-0.15, -0.1) is 11.8 Å². The van der Waals surface area contributed by atoms with Crippen molar-refractivity contribution in [2.45, 2.75) is 44.2 Å². The average Bonchev–Trinajstić information content (AvgIpc) is 2.91. The first-order chi connectivity index (χ1) is 9.98. The summed E-state index contributed by atoms with van der Waals surface area (Å²) < 4.78 is 5.76. The molecule has 2 aliphatic rings. The van der Waals surface area contributed by atoms with Crippen LogP contribution in [0.1, 0.15) is 25.8 Å². The van der Waals surface area contributed by atoms with Crippen LogP contribution in [-0.2, 0) is 9.53 Å². The molecule has 0 aromatic heterocycles. The highest BCUT2D eigenvalue weighted by molar-refractivity contribution is 8.00. The lowest BCUT2D eigenvalue weighted by atomic mass is 9.57. The van der Waals surface area contributed by atoms with Crippen molar-refractivity contribution in [1.82, 2.24) is 5.32 Å². The monoisotopic (exact) mass is 305 g/mol. The van der Waals surface area contributed by atoms with E-state index >= 15 is 0 Å². The van der Waals surface area contributed by atoms with Crippen molar-refractivity contribution in [2.75, 3.05) is 12.4 Å². The molecule has 1 amide bonds. The van der Waals surface area contributed by atoms with Crippen molar-refractivity contribution in [1.29, 1.82) is 0 Å². The molecule has 1 heterocycles. The van der Waals surface area contributed by atoms with Crippen LogP contribution in [0.15, 0.2) is 29.2 Å².